The molecule has 1 aromatic carbocycles. The summed E-state index contributed by atoms with van der Waals surface area (Å²) >= 11 is 0. The molecule has 1 aliphatic rings. The Kier molecular flexibility index (Phi) is 8.49. The fourth-order valence-electron chi connectivity index (χ4n) is 3.95. The number of carboxylic acid groups (broad SMARTS) is 1. The monoisotopic (exact) mass is 388 g/mol. The van der Waals surface area contributed by atoms with Crippen LogP contribution >= 0.6 is 0 Å². The second-order valence-electron chi connectivity index (χ2n) is 8.34. The summed E-state index contributed by atoms with van der Waals surface area (Å²) in [6, 6.07) is 6.94. The van der Waals surface area contributed by atoms with Crippen molar-refractivity contribution in [2.75, 3.05) is 19.6 Å². The summed E-state index contributed by atoms with van der Waals surface area (Å²) in [5, 5.41) is 13.1. The highest BCUT2D eigenvalue weighted by molar-refractivity contribution is 5.87. The van der Waals surface area contributed by atoms with E-state index in [4.69, 9.17) is 5.11 Å². The number of amides is 1. The van der Waals surface area contributed by atoms with Crippen molar-refractivity contribution < 1.29 is 14.7 Å². The van der Waals surface area contributed by atoms with Gasteiger partial charge in [0.15, 0.2) is 0 Å². The van der Waals surface area contributed by atoms with Gasteiger partial charge in [-0.15, -0.1) is 0 Å². The van der Waals surface area contributed by atoms with Crippen molar-refractivity contribution in [1.82, 2.24) is 10.0 Å². The summed E-state index contributed by atoms with van der Waals surface area (Å²) in [6.07, 6.45) is 8.70. The molecule has 1 saturated heterocycles. The Balaban J connectivity index is 1.84. The Morgan fingerprint density at radius 3 is 2.39 bits per heavy atom. The third kappa shape index (κ3) is 6.33. The quantitative estimate of drug-likeness (QED) is 0.561. The molecule has 5 heteroatoms. The van der Waals surface area contributed by atoms with Crippen LogP contribution in [0.2, 0.25) is 0 Å². The molecule has 5 nitrogen and oxygen atoms in total. The summed E-state index contributed by atoms with van der Waals surface area (Å²) in [4.78, 5) is 23.3. The average Bonchev–Trinajstić information content (AvgIpc) is 3.04. The average molecular weight is 389 g/mol. The van der Waals surface area contributed by atoms with E-state index < -0.39 is 5.97 Å². The Labute approximate surface area is 169 Å². The summed E-state index contributed by atoms with van der Waals surface area (Å²) in [5.74, 6) is -0.711. The molecular weight excluding hydrogens is 352 g/mol. The fourth-order valence-corrected chi connectivity index (χ4v) is 3.95. The SMILES string of the molecule is CCCCC(C)(CC)CCCN1CCC(=O)N1CCc1ccc(C(=O)O)cc1. The van der Waals surface area contributed by atoms with Crippen molar-refractivity contribution in [3.05, 3.63) is 35.4 Å². The van der Waals surface area contributed by atoms with Gasteiger partial charge in [-0.05, 0) is 48.8 Å². The standard InChI is InChI=1S/C23H36N2O3/c1-4-6-14-23(3,5-2)15-7-16-24-17-13-21(26)25(24)18-12-19-8-10-20(11-9-19)22(27)28/h8-11H,4-7,12-18H2,1-3H3,(H,27,28). The van der Waals surface area contributed by atoms with Gasteiger partial charge in [0.1, 0.15) is 0 Å². The van der Waals surface area contributed by atoms with E-state index in [0.29, 0.717) is 23.9 Å². The molecule has 1 aromatic rings. The second-order valence-corrected chi connectivity index (χ2v) is 8.34. The number of nitrogens with zero attached hydrogens (tertiary/aromatic N) is 2. The van der Waals surface area contributed by atoms with Gasteiger partial charge in [0, 0.05) is 26.1 Å². The molecule has 1 heterocycles. The van der Waals surface area contributed by atoms with E-state index >= 15 is 0 Å². The van der Waals surface area contributed by atoms with Gasteiger partial charge in [-0.25, -0.2) is 9.80 Å². The largest absolute Gasteiger partial charge is 0.478 e. The van der Waals surface area contributed by atoms with Crippen LogP contribution in [0.25, 0.3) is 0 Å². The molecule has 1 fully saturated rings. The number of benzene rings is 1. The Morgan fingerprint density at radius 2 is 1.79 bits per heavy atom. The number of carboxylic acids is 1. The van der Waals surface area contributed by atoms with E-state index in [1.807, 2.05) is 17.1 Å². The van der Waals surface area contributed by atoms with Crippen LogP contribution in [-0.4, -0.2) is 46.6 Å². The molecule has 156 valence electrons. The molecule has 2 rings (SSSR count). The Morgan fingerprint density at radius 1 is 1.11 bits per heavy atom. The van der Waals surface area contributed by atoms with Crippen molar-refractivity contribution in [3.63, 3.8) is 0 Å². The van der Waals surface area contributed by atoms with E-state index in [0.717, 1.165) is 31.5 Å². The maximum absolute atomic E-state index is 12.3. The van der Waals surface area contributed by atoms with Crippen molar-refractivity contribution in [3.8, 4) is 0 Å². The summed E-state index contributed by atoms with van der Waals surface area (Å²) in [5.41, 5.74) is 1.77. The minimum Gasteiger partial charge on any atom is -0.478 e. The molecule has 0 radical (unpaired) electrons. The zero-order valence-electron chi connectivity index (χ0n) is 17.7. The van der Waals surface area contributed by atoms with Gasteiger partial charge < -0.3 is 5.11 Å². The number of carbonyl (C=O) groups excluding carboxylic acids is 1. The summed E-state index contributed by atoms with van der Waals surface area (Å²) in [6.45, 7) is 9.35. The third-order valence-corrected chi connectivity index (χ3v) is 6.21. The number of hydrogen-bond acceptors (Lipinski definition) is 3. The van der Waals surface area contributed by atoms with Crippen LogP contribution < -0.4 is 0 Å². The molecule has 0 saturated carbocycles. The first kappa shape index (κ1) is 22.4. The van der Waals surface area contributed by atoms with Crippen LogP contribution in [0.15, 0.2) is 24.3 Å². The highest BCUT2D eigenvalue weighted by atomic mass is 16.4. The maximum Gasteiger partial charge on any atom is 0.335 e. The fraction of sp³-hybridized carbons (Fsp3) is 0.652. The van der Waals surface area contributed by atoms with Crippen molar-refractivity contribution in [1.29, 1.82) is 0 Å². The van der Waals surface area contributed by atoms with Crippen LogP contribution in [0.4, 0.5) is 0 Å². The Hall–Kier alpha value is -1.88. The van der Waals surface area contributed by atoms with E-state index in [-0.39, 0.29) is 5.91 Å². The molecule has 28 heavy (non-hydrogen) atoms. The predicted octanol–water partition coefficient (Wildman–Crippen LogP) is 4.76. The van der Waals surface area contributed by atoms with Crippen LogP contribution in [0.5, 0.6) is 0 Å². The predicted molar refractivity (Wildman–Crippen MR) is 112 cm³/mol. The third-order valence-electron chi connectivity index (χ3n) is 6.21. The number of rotatable bonds is 12. The van der Waals surface area contributed by atoms with E-state index in [9.17, 15) is 9.59 Å². The first-order valence-electron chi connectivity index (χ1n) is 10.8. The van der Waals surface area contributed by atoms with Gasteiger partial charge in [-0.2, -0.15) is 0 Å². The number of hydrazine groups is 1. The molecule has 1 unspecified atom stereocenters. The maximum atomic E-state index is 12.3. The number of hydrogen-bond donors (Lipinski definition) is 1. The molecule has 1 aliphatic heterocycles. The van der Waals surface area contributed by atoms with Gasteiger partial charge in [0.2, 0.25) is 5.91 Å². The van der Waals surface area contributed by atoms with Crippen LogP contribution in [0.1, 0.15) is 81.6 Å². The number of carbonyl (C=O) groups is 2. The van der Waals surface area contributed by atoms with Crippen LogP contribution in [-0.2, 0) is 11.2 Å². The summed E-state index contributed by atoms with van der Waals surface area (Å²) in [7, 11) is 0. The zero-order chi connectivity index (χ0) is 20.6. The van der Waals surface area contributed by atoms with Crippen molar-refractivity contribution in [2.24, 2.45) is 5.41 Å². The molecule has 1 amide bonds. The topological polar surface area (TPSA) is 60.9 Å². The minimum atomic E-state index is -0.912. The lowest BCUT2D eigenvalue weighted by atomic mass is 9.78. The summed E-state index contributed by atoms with van der Waals surface area (Å²) < 4.78 is 0. The highest BCUT2D eigenvalue weighted by Crippen LogP contribution is 2.33. The first-order valence-corrected chi connectivity index (χ1v) is 10.8. The molecule has 1 atom stereocenters. The van der Waals surface area contributed by atoms with Crippen LogP contribution in [0, 0.1) is 5.41 Å². The normalized spacial score (nSPS) is 17.1. The lowest BCUT2D eigenvalue weighted by Crippen LogP contribution is -2.41. The highest BCUT2D eigenvalue weighted by Gasteiger charge is 2.29. The van der Waals surface area contributed by atoms with E-state index in [1.165, 1.54) is 32.1 Å². The van der Waals surface area contributed by atoms with Crippen LogP contribution in [0.3, 0.4) is 0 Å². The zero-order valence-corrected chi connectivity index (χ0v) is 17.7. The van der Waals surface area contributed by atoms with Gasteiger partial charge in [0.05, 0.1) is 5.56 Å². The van der Waals surface area contributed by atoms with Gasteiger partial charge in [-0.1, -0.05) is 52.2 Å². The molecule has 0 bridgehead atoms. The minimum absolute atomic E-state index is 0.200. The molecule has 1 N–H and O–H groups in total. The van der Waals surface area contributed by atoms with Gasteiger partial charge in [-0.3, -0.25) is 9.80 Å². The molecule has 0 spiro atoms. The van der Waals surface area contributed by atoms with Gasteiger partial charge >= 0.3 is 5.97 Å². The Bertz CT molecular complexity index is 644. The number of unbranched alkanes of at least 4 members (excludes halogenated alkanes) is 1. The van der Waals surface area contributed by atoms with Crippen molar-refractivity contribution in [2.45, 2.75) is 72.1 Å². The first-order chi connectivity index (χ1) is 13.4. The lowest BCUT2D eigenvalue weighted by molar-refractivity contribution is -0.138. The molecule has 0 aromatic heterocycles. The smallest absolute Gasteiger partial charge is 0.335 e. The lowest BCUT2D eigenvalue weighted by Gasteiger charge is -2.32. The van der Waals surface area contributed by atoms with Crippen molar-refractivity contribution >= 4 is 11.9 Å². The van der Waals surface area contributed by atoms with E-state index in [2.05, 4.69) is 25.8 Å². The molecule has 0 aliphatic carbocycles. The van der Waals surface area contributed by atoms with Gasteiger partial charge in [0.25, 0.3) is 0 Å². The second kappa shape index (κ2) is 10.6. The number of aromatic carboxylic acids is 1. The van der Waals surface area contributed by atoms with E-state index in [1.54, 1.807) is 12.1 Å². The molecular formula is C23H36N2O3.